The second-order valence-corrected chi connectivity index (χ2v) is 18.6. The molecular weight excluding hydrogens is 1060 g/mol. The van der Waals surface area contributed by atoms with Gasteiger partial charge in [0.1, 0.15) is 34.7 Å². The average molecular weight is 1120 g/mol. The molecule has 0 saturated carbocycles. The summed E-state index contributed by atoms with van der Waals surface area (Å²) in [5.74, 6) is -7.48. The summed E-state index contributed by atoms with van der Waals surface area (Å²) in [4.78, 5) is 35.1. The topological polar surface area (TPSA) is 211 Å². The van der Waals surface area contributed by atoms with Crippen molar-refractivity contribution in [3.8, 4) is 17.2 Å². The van der Waals surface area contributed by atoms with Crippen molar-refractivity contribution in [2.45, 2.75) is 119 Å². The van der Waals surface area contributed by atoms with Crippen LogP contribution in [0.15, 0.2) is 84.9 Å². The van der Waals surface area contributed by atoms with E-state index in [0.717, 1.165) is 36.4 Å². The van der Waals surface area contributed by atoms with E-state index in [4.69, 9.17) is 19.3 Å². The normalized spacial score (nSPS) is 14.4. The van der Waals surface area contributed by atoms with Gasteiger partial charge in [-0.25, -0.2) is 22.8 Å². The van der Waals surface area contributed by atoms with Crippen LogP contribution in [0.25, 0.3) is 0 Å². The van der Waals surface area contributed by atoms with Crippen LogP contribution in [0.3, 0.4) is 0 Å². The predicted octanol–water partition coefficient (Wildman–Crippen LogP) is 7.75. The van der Waals surface area contributed by atoms with E-state index in [1.807, 2.05) is 0 Å². The van der Waals surface area contributed by atoms with E-state index in [2.05, 4.69) is 10.1 Å². The molecule has 13 nitrogen and oxygen atoms in total. The average Bonchev–Trinajstić information content (AvgIpc) is 3.28. The fraction of sp³-hybridized carbons (Fsp3) is 0.460. The third kappa shape index (κ3) is 17.1. The number of alkyl halides is 9. The molecule has 0 fully saturated rings. The summed E-state index contributed by atoms with van der Waals surface area (Å²) in [6, 6.07) is 17.5. The number of rotatable bonds is 17. The summed E-state index contributed by atoms with van der Waals surface area (Å²) in [6.45, 7) is 8.98. The van der Waals surface area contributed by atoms with E-state index in [-0.39, 0.29) is 82.7 Å². The number of carboxylic acids is 1. The van der Waals surface area contributed by atoms with E-state index in [0.29, 0.717) is 0 Å². The summed E-state index contributed by atoms with van der Waals surface area (Å²) in [7, 11) is 3.83. The first-order valence-electron chi connectivity index (χ1n) is 21.8. The van der Waals surface area contributed by atoms with Crippen LogP contribution in [0, 0.1) is 17.5 Å². The number of nitrogens with one attached hydrogen (secondary N) is 1. The molecular formula is C50H60F12NNaO12. The standard InChI is InChI=1S/C20H21F4NO3.C16H20F4O4.C14H16F4O4.Na.H2O.H2/c1-18(2,15-11-13(21)9-10-16(15)28-3)12-19(27,20(22,23)24)17(26)25-14-7-5-4-6-8-14;1-5-24-13(21)15(22,16(18,19)20)9-14(2,3)11-8-10(17)6-7-12(11)23-4;1-12(2,7-13(21,11(19)20)14(16,17)18)9-6-8(15)4-5-10(9)22-3;;;/h4-11,27H,12H2,1-3H3,(H,25,26);6-8,22H,5,9H2,1-4H3;4-6,21H,7H2,1-3H3,(H,19,20);;1H2;1H/q;;;+1;;/p-1/i;;;;;1+1. The van der Waals surface area contributed by atoms with Crippen LogP contribution in [-0.2, 0) is 35.4 Å². The van der Waals surface area contributed by atoms with Gasteiger partial charge in [-0.15, -0.1) is 0 Å². The molecule has 4 aromatic carbocycles. The van der Waals surface area contributed by atoms with E-state index >= 15 is 0 Å². The molecule has 0 spiro atoms. The van der Waals surface area contributed by atoms with Crippen molar-refractivity contribution in [1.82, 2.24) is 0 Å². The Morgan fingerprint density at radius 3 is 1.11 bits per heavy atom. The number of esters is 1. The number of ether oxygens (including phenoxy) is 4. The smallest absolute Gasteiger partial charge is 0.870 e. The van der Waals surface area contributed by atoms with E-state index < -0.39 is 106 Å². The number of carbonyl (C=O) groups is 3. The molecule has 1 amide bonds. The Kier molecular flexibility index (Phi) is 25.0. The van der Waals surface area contributed by atoms with Crippen LogP contribution in [0.1, 0.15) is 85.8 Å². The van der Waals surface area contributed by atoms with Crippen LogP contribution in [-0.4, -0.2) is 107 Å². The number of hydrogen-bond acceptors (Lipinski definition) is 11. The third-order valence-electron chi connectivity index (χ3n) is 11.5. The van der Waals surface area contributed by atoms with Crippen molar-refractivity contribution in [1.29, 1.82) is 0 Å². The molecule has 0 heterocycles. The summed E-state index contributed by atoms with van der Waals surface area (Å²) in [5.41, 5.74) is -15.5. The molecule has 6 N–H and O–H groups in total. The number of carboxylic acid groups (broad SMARTS) is 1. The SMILES string of the molecule is CCOC(=O)C(O)(CC(C)(C)c1cc(F)ccc1OC)C(F)(F)F.COc1ccc(F)cc1C(C)(C)CC(O)(C(=O)Nc1ccccc1)C(F)(F)F.COc1ccc(F)cc1C(C)(C)CC(O)(C(=O)O)C(F)(F)F.[2HH].[Na+].[OH-]. The van der Waals surface area contributed by atoms with Crippen LogP contribution in [0.5, 0.6) is 17.2 Å². The van der Waals surface area contributed by atoms with Crippen LogP contribution in [0.4, 0.5) is 58.4 Å². The van der Waals surface area contributed by atoms with Gasteiger partial charge < -0.3 is 50.2 Å². The van der Waals surface area contributed by atoms with Crippen LogP contribution in [0.2, 0.25) is 0 Å². The number of amides is 1. The van der Waals surface area contributed by atoms with Crippen molar-refractivity contribution in [2.75, 3.05) is 33.3 Å². The fourth-order valence-corrected chi connectivity index (χ4v) is 7.73. The molecule has 0 aliphatic heterocycles. The Hall–Kier alpha value is -5.31. The molecule has 3 atom stereocenters. The molecule has 26 heteroatoms. The molecule has 0 aliphatic carbocycles. The van der Waals surface area contributed by atoms with E-state index in [1.165, 1.54) is 112 Å². The number of benzene rings is 4. The van der Waals surface area contributed by atoms with Gasteiger partial charge in [-0.05, 0) is 89.9 Å². The zero-order valence-corrected chi connectivity index (χ0v) is 45.0. The fourth-order valence-electron chi connectivity index (χ4n) is 7.73. The second-order valence-electron chi connectivity index (χ2n) is 18.6. The van der Waals surface area contributed by atoms with Gasteiger partial charge in [-0.3, -0.25) is 4.79 Å². The molecule has 0 saturated heterocycles. The van der Waals surface area contributed by atoms with Crippen LogP contribution >= 0.6 is 0 Å². The minimum Gasteiger partial charge on any atom is -0.870 e. The first kappa shape index (κ1) is 70.7. The molecule has 3 unspecified atom stereocenters. The quantitative estimate of drug-likeness (QED) is 0.0391. The third-order valence-corrected chi connectivity index (χ3v) is 11.5. The number of aliphatic carboxylic acids is 1. The van der Waals surface area contributed by atoms with Gasteiger partial charge in [-0.2, -0.15) is 39.5 Å². The maximum absolute atomic E-state index is 13.7. The van der Waals surface area contributed by atoms with Gasteiger partial charge in [-0.1, -0.05) is 59.7 Å². The predicted molar refractivity (Wildman–Crippen MR) is 248 cm³/mol. The Labute approximate surface area is 453 Å². The molecule has 422 valence electrons. The maximum atomic E-state index is 13.7. The van der Waals surface area contributed by atoms with Gasteiger partial charge in [0.05, 0.1) is 27.9 Å². The Morgan fingerprint density at radius 1 is 0.526 bits per heavy atom. The van der Waals surface area contributed by atoms with Gasteiger partial charge in [0.15, 0.2) is 0 Å². The minimum atomic E-state index is -5.38. The summed E-state index contributed by atoms with van der Waals surface area (Å²) in [6.07, 6.45) is -19.2. The molecule has 0 aliphatic rings. The zero-order chi connectivity index (χ0) is 57.3. The van der Waals surface area contributed by atoms with Crippen molar-refractivity contribution < 1.29 is 143 Å². The van der Waals surface area contributed by atoms with E-state index in [9.17, 15) is 82.4 Å². The number of anilines is 1. The van der Waals surface area contributed by atoms with Gasteiger partial charge >= 0.3 is 60.0 Å². The molecule has 0 bridgehead atoms. The number of para-hydroxylation sites is 1. The molecule has 4 rings (SSSR count). The number of methoxy groups -OCH3 is 3. The monoisotopic (exact) mass is 1120 g/mol. The van der Waals surface area contributed by atoms with Crippen molar-refractivity contribution in [3.63, 3.8) is 0 Å². The zero-order valence-electron chi connectivity index (χ0n) is 43.0. The Bertz CT molecular complexity index is 2570. The Morgan fingerprint density at radius 2 is 0.829 bits per heavy atom. The number of halogens is 12. The molecule has 0 aromatic heterocycles. The summed E-state index contributed by atoms with van der Waals surface area (Å²) >= 11 is 0. The largest absolute Gasteiger partial charge is 1.00 e. The number of aliphatic hydroxyl groups is 3. The van der Waals surface area contributed by atoms with Crippen LogP contribution < -0.4 is 49.1 Å². The molecule has 4 aromatic rings. The van der Waals surface area contributed by atoms with Crippen molar-refractivity contribution in [3.05, 3.63) is 119 Å². The molecule has 0 radical (unpaired) electrons. The number of carbonyl (C=O) groups excluding carboxylic acids is 2. The van der Waals surface area contributed by atoms with Gasteiger partial charge in [0.2, 0.25) is 5.60 Å². The maximum Gasteiger partial charge on any atom is 1.00 e. The second kappa shape index (κ2) is 26.8. The first-order valence-corrected chi connectivity index (χ1v) is 21.8. The number of hydrogen-bond donors (Lipinski definition) is 5. The first-order chi connectivity index (χ1) is 33.6. The van der Waals surface area contributed by atoms with Gasteiger partial charge in [0, 0.05) is 43.1 Å². The van der Waals surface area contributed by atoms with E-state index in [1.54, 1.807) is 6.07 Å². The van der Waals surface area contributed by atoms with Gasteiger partial charge in [0.25, 0.3) is 17.1 Å². The van der Waals surface area contributed by atoms with Crippen molar-refractivity contribution in [2.24, 2.45) is 0 Å². The summed E-state index contributed by atoms with van der Waals surface area (Å²) < 4.78 is 180. The van der Waals surface area contributed by atoms with Crippen molar-refractivity contribution >= 4 is 23.5 Å². The Balaban J connectivity index is 0. The minimum absolute atomic E-state index is 0. The summed E-state index contributed by atoms with van der Waals surface area (Å²) in [5, 5.41) is 40.9. The molecule has 76 heavy (non-hydrogen) atoms.